The average molecular weight is 303 g/mol. The smallest absolute Gasteiger partial charge is 0.224 e. The van der Waals surface area contributed by atoms with Crippen LogP contribution in [0.2, 0.25) is 10.0 Å². The molecule has 19 heavy (non-hydrogen) atoms. The van der Waals surface area contributed by atoms with Crippen LogP contribution in [0.1, 0.15) is 32.3 Å². The topological polar surface area (TPSA) is 55.1 Å². The van der Waals surface area contributed by atoms with Gasteiger partial charge >= 0.3 is 0 Å². The fourth-order valence-corrected chi connectivity index (χ4v) is 2.51. The van der Waals surface area contributed by atoms with E-state index in [1.807, 2.05) is 20.8 Å². The Morgan fingerprint density at radius 2 is 1.79 bits per heavy atom. The van der Waals surface area contributed by atoms with Crippen LogP contribution in [-0.4, -0.2) is 18.5 Å². The van der Waals surface area contributed by atoms with Gasteiger partial charge in [0, 0.05) is 34.5 Å². The third-order valence-corrected chi connectivity index (χ3v) is 3.94. The molecule has 0 saturated carbocycles. The first-order valence-corrected chi connectivity index (χ1v) is 7.07. The van der Waals surface area contributed by atoms with E-state index in [-0.39, 0.29) is 23.8 Å². The largest absolute Gasteiger partial charge is 0.355 e. The lowest BCUT2D eigenvalue weighted by atomic mass is 9.99. The fraction of sp³-hybridized carbons (Fsp3) is 0.500. The summed E-state index contributed by atoms with van der Waals surface area (Å²) in [6.45, 7) is 6.09. The van der Waals surface area contributed by atoms with Crippen molar-refractivity contribution in [2.24, 2.45) is 11.7 Å². The number of nitrogens with two attached hydrogens (primary N) is 1. The van der Waals surface area contributed by atoms with E-state index in [4.69, 9.17) is 28.9 Å². The highest BCUT2D eigenvalue weighted by Crippen LogP contribution is 2.30. The van der Waals surface area contributed by atoms with E-state index in [1.165, 1.54) is 0 Å². The van der Waals surface area contributed by atoms with Gasteiger partial charge in [-0.05, 0) is 24.6 Å². The first-order chi connectivity index (χ1) is 8.84. The molecule has 1 aromatic rings. The van der Waals surface area contributed by atoms with Gasteiger partial charge in [0.1, 0.15) is 0 Å². The van der Waals surface area contributed by atoms with Gasteiger partial charge in [-0.25, -0.2) is 0 Å². The van der Waals surface area contributed by atoms with Crippen LogP contribution >= 0.6 is 23.2 Å². The van der Waals surface area contributed by atoms with Gasteiger partial charge < -0.3 is 11.1 Å². The van der Waals surface area contributed by atoms with Gasteiger partial charge in [0.05, 0.1) is 0 Å². The van der Waals surface area contributed by atoms with Gasteiger partial charge in [-0.15, -0.1) is 0 Å². The molecule has 0 aromatic heterocycles. The van der Waals surface area contributed by atoms with E-state index >= 15 is 0 Å². The van der Waals surface area contributed by atoms with Crippen LogP contribution in [0.15, 0.2) is 18.2 Å². The van der Waals surface area contributed by atoms with Gasteiger partial charge in [-0.2, -0.15) is 0 Å². The van der Waals surface area contributed by atoms with Crippen LogP contribution in [-0.2, 0) is 4.79 Å². The molecule has 3 N–H and O–H groups in total. The van der Waals surface area contributed by atoms with Crippen molar-refractivity contribution >= 4 is 29.1 Å². The number of hydrogen-bond acceptors (Lipinski definition) is 2. The second-order valence-electron chi connectivity index (χ2n) is 4.93. The van der Waals surface area contributed by atoms with Gasteiger partial charge in [0.15, 0.2) is 0 Å². The van der Waals surface area contributed by atoms with Crippen molar-refractivity contribution in [1.29, 1.82) is 0 Å². The maximum atomic E-state index is 11.8. The lowest BCUT2D eigenvalue weighted by molar-refractivity contribution is -0.124. The molecule has 0 aliphatic heterocycles. The molecule has 3 atom stereocenters. The van der Waals surface area contributed by atoms with Crippen LogP contribution in [0.5, 0.6) is 0 Å². The molecule has 0 fully saturated rings. The summed E-state index contributed by atoms with van der Waals surface area (Å²) in [7, 11) is 0. The van der Waals surface area contributed by atoms with Crippen molar-refractivity contribution in [3.63, 3.8) is 0 Å². The predicted octanol–water partition coefficient (Wildman–Crippen LogP) is 3.20. The minimum absolute atomic E-state index is 0.0467. The number of rotatable bonds is 5. The van der Waals surface area contributed by atoms with Crippen molar-refractivity contribution in [3.8, 4) is 0 Å². The normalized spacial score (nSPS) is 15.7. The number of carbonyl (C=O) groups is 1. The SMILES string of the molecule is CC(CNC(=O)C(C)C(C)N)c1c(Cl)cccc1Cl. The Morgan fingerprint density at radius 1 is 1.26 bits per heavy atom. The number of benzene rings is 1. The molecule has 0 aliphatic carbocycles. The van der Waals surface area contributed by atoms with E-state index in [1.54, 1.807) is 18.2 Å². The number of nitrogens with one attached hydrogen (secondary N) is 1. The molecule has 0 spiro atoms. The minimum Gasteiger partial charge on any atom is -0.355 e. The van der Waals surface area contributed by atoms with E-state index in [0.29, 0.717) is 16.6 Å². The predicted molar refractivity (Wildman–Crippen MR) is 80.7 cm³/mol. The summed E-state index contributed by atoms with van der Waals surface area (Å²) in [6, 6.07) is 5.23. The average Bonchev–Trinajstić information content (AvgIpc) is 2.34. The van der Waals surface area contributed by atoms with Crippen LogP contribution in [0, 0.1) is 5.92 Å². The maximum Gasteiger partial charge on any atom is 0.224 e. The third-order valence-electron chi connectivity index (χ3n) is 3.28. The van der Waals surface area contributed by atoms with Crippen molar-refractivity contribution in [2.75, 3.05) is 6.54 Å². The Kier molecular flexibility index (Phi) is 6.11. The molecule has 1 aromatic carbocycles. The second-order valence-corrected chi connectivity index (χ2v) is 5.74. The van der Waals surface area contributed by atoms with Crippen molar-refractivity contribution < 1.29 is 4.79 Å². The molecular weight excluding hydrogens is 283 g/mol. The zero-order valence-electron chi connectivity index (χ0n) is 11.4. The van der Waals surface area contributed by atoms with Crippen molar-refractivity contribution in [3.05, 3.63) is 33.8 Å². The summed E-state index contributed by atoms with van der Waals surface area (Å²) in [5, 5.41) is 4.12. The minimum atomic E-state index is -0.214. The van der Waals surface area contributed by atoms with Crippen LogP contribution < -0.4 is 11.1 Å². The highest BCUT2D eigenvalue weighted by Gasteiger charge is 2.19. The van der Waals surface area contributed by atoms with Gasteiger partial charge in [-0.3, -0.25) is 4.79 Å². The first kappa shape index (κ1) is 16.3. The molecule has 1 rings (SSSR count). The Bertz CT molecular complexity index is 429. The zero-order valence-corrected chi connectivity index (χ0v) is 12.9. The molecular formula is C14H20Cl2N2O. The monoisotopic (exact) mass is 302 g/mol. The van der Waals surface area contributed by atoms with Crippen molar-refractivity contribution in [1.82, 2.24) is 5.32 Å². The highest BCUT2D eigenvalue weighted by molar-refractivity contribution is 6.36. The number of halogens is 2. The fourth-order valence-electron chi connectivity index (χ4n) is 1.74. The van der Waals surface area contributed by atoms with E-state index < -0.39 is 0 Å². The Balaban J connectivity index is 2.66. The summed E-state index contributed by atoms with van der Waals surface area (Å²) in [5.41, 5.74) is 6.56. The van der Waals surface area contributed by atoms with Crippen LogP contribution in [0.25, 0.3) is 0 Å². The molecule has 5 heteroatoms. The van der Waals surface area contributed by atoms with E-state index in [2.05, 4.69) is 5.32 Å². The summed E-state index contributed by atoms with van der Waals surface area (Å²) in [5.74, 6) is -0.218. The van der Waals surface area contributed by atoms with Crippen LogP contribution in [0.3, 0.4) is 0 Å². The molecule has 0 aliphatic rings. The molecule has 106 valence electrons. The molecule has 0 heterocycles. The summed E-state index contributed by atoms with van der Waals surface area (Å²) >= 11 is 12.3. The van der Waals surface area contributed by atoms with Gasteiger partial charge in [0.25, 0.3) is 0 Å². The second kappa shape index (κ2) is 7.13. The molecule has 1 amide bonds. The van der Waals surface area contributed by atoms with Crippen LogP contribution in [0.4, 0.5) is 0 Å². The van der Waals surface area contributed by atoms with Gasteiger partial charge in [-0.1, -0.05) is 43.1 Å². The number of hydrogen-bond donors (Lipinski definition) is 2. The molecule has 3 nitrogen and oxygen atoms in total. The summed E-state index contributed by atoms with van der Waals surface area (Å²) < 4.78 is 0. The lowest BCUT2D eigenvalue weighted by Crippen LogP contribution is -2.39. The molecule has 0 radical (unpaired) electrons. The zero-order chi connectivity index (χ0) is 14.6. The molecule has 0 saturated heterocycles. The standard InChI is InChI=1S/C14H20Cl2N2O/c1-8(7-18-14(19)9(2)10(3)17)13-11(15)5-4-6-12(13)16/h4-6,8-10H,7,17H2,1-3H3,(H,18,19). The third kappa shape index (κ3) is 4.37. The quantitative estimate of drug-likeness (QED) is 0.877. The summed E-state index contributed by atoms with van der Waals surface area (Å²) in [6.07, 6.45) is 0. The highest BCUT2D eigenvalue weighted by atomic mass is 35.5. The Morgan fingerprint density at radius 3 is 2.26 bits per heavy atom. The molecule has 3 unspecified atom stereocenters. The van der Waals surface area contributed by atoms with Gasteiger partial charge in [0.2, 0.25) is 5.91 Å². The molecule has 0 bridgehead atoms. The van der Waals surface area contributed by atoms with E-state index in [0.717, 1.165) is 5.56 Å². The first-order valence-electron chi connectivity index (χ1n) is 6.31. The summed E-state index contributed by atoms with van der Waals surface area (Å²) in [4.78, 5) is 11.8. The number of amides is 1. The maximum absolute atomic E-state index is 11.8. The lowest BCUT2D eigenvalue weighted by Gasteiger charge is -2.19. The number of carbonyl (C=O) groups excluding carboxylic acids is 1. The van der Waals surface area contributed by atoms with E-state index in [9.17, 15) is 4.79 Å². The Hall–Kier alpha value is -0.770. The van der Waals surface area contributed by atoms with Crippen molar-refractivity contribution in [2.45, 2.75) is 32.7 Å². The Labute approximate surface area is 124 Å².